The highest BCUT2D eigenvalue weighted by atomic mass is 35.5. The van der Waals surface area contributed by atoms with Crippen LogP contribution in [0.15, 0.2) is 18.2 Å². The zero-order valence-corrected chi connectivity index (χ0v) is 12.8. The van der Waals surface area contributed by atoms with Gasteiger partial charge in [-0.15, -0.1) is 11.6 Å². The number of fused-ring (bicyclic) bond motifs is 1. The molecule has 0 aliphatic heterocycles. The third kappa shape index (κ3) is 2.52. The van der Waals surface area contributed by atoms with Crippen LogP contribution in [0.25, 0.3) is 11.0 Å². The molecule has 2 aromatic rings. The summed E-state index contributed by atoms with van der Waals surface area (Å²) in [5.41, 5.74) is 8.55. The van der Waals surface area contributed by atoms with E-state index >= 15 is 0 Å². The van der Waals surface area contributed by atoms with Gasteiger partial charge < -0.3 is 10.3 Å². The van der Waals surface area contributed by atoms with E-state index < -0.39 is 6.04 Å². The summed E-state index contributed by atoms with van der Waals surface area (Å²) < 4.78 is 1.96. The number of primary amides is 1. The Kier molecular flexibility index (Phi) is 4.33. The number of amides is 1. The Morgan fingerprint density at radius 1 is 1.45 bits per heavy atom. The van der Waals surface area contributed by atoms with Gasteiger partial charge in [0.2, 0.25) is 5.91 Å². The van der Waals surface area contributed by atoms with Crippen LogP contribution in [-0.4, -0.2) is 21.3 Å². The number of nitrogens with two attached hydrogens (primary N) is 1. The van der Waals surface area contributed by atoms with Crippen LogP contribution in [0.3, 0.4) is 0 Å². The molecule has 0 spiro atoms. The van der Waals surface area contributed by atoms with Crippen molar-refractivity contribution in [3.8, 4) is 0 Å². The molecule has 1 amide bonds. The van der Waals surface area contributed by atoms with Crippen molar-refractivity contribution in [2.24, 2.45) is 11.7 Å². The molecule has 0 fully saturated rings. The minimum Gasteiger partial charge on any atom is -0.368 e. The lowest BCUT2D eigenvalue weighted by Crippen LogP contribution is -2.31. The fourth-order valence-electron chi connectivity index (χ4n) is 2.63. The summed E-state index contributed by atoms with van der Waals surface area (Å²) in [6.07, 6.45) is 0.617. The zero-order valence-electron chi connectivity index (χ0n) is 12.1. The van der Waals surface area contributed by atoms with Crippen molar-refractivity contribution in [2.75, 3.05) is 5.88 Å². The van der Waals surface area contributed by atoms with Crippen molar-refractivity contribution < 1.29 is 4.79 Å². The predicted molar refractivity (Wildman–Crippen MR) is 82.0 cm³/mol. The standard InChI is InChI=1S/C15H20ClN3O/c1-9(2)14(15(17)20)19-11-6-4-5-10(3)13(11)18-12(19)7-8-16/h4-6,9,14H,7-8H2,1-3H3,(H2,17,20). The highest BCUT2D eigenvalue weighted by Gasteiger charge is 2.26. The SMILES string of the molecule is Cc1cccc2c1nc(CCCl)n2C(C(N)=O)C(C)C. The number of para-hydroxylation sites is 1. The van der Waals surface area contributed by atoms with Gasteiger partial charge in [-0.1, -0.05) is 26.0 Å². The quantitative estimate of drug-likeness (QED) is 0.862. The van der Waals surface area contributed by atoms with Gasteiger partial charge in [0.05, 0.1) is 11.0 Å². The Bertz CT molecular complexity index is 633. The third-order valence-electron chi connectivity index (χ3n) is 3.51. The van der Waals surface area contributed by atoms with E-state index in [0.717, 1.165) is 22.4 Å². The average molecular weight is 294 g/mol. The molecule has 0 radical (unpaired) electrons. The second-order valence-electron chi connectivity index (χ2n) is 5.37. The Morgan fingerprint density at radius 3 is 2.70 bits per heavy atom. The second kappa shape index (κ2) is 5.83. The number of carbonyl (C=O) groups excluding carboxylic acids is 1. The van der Waals surface area contributed by atoms with Crippen LogP contribution < -0.4 is 5.73 Å². The molecule has 2 N–H and O–H groups in total. The fourth-order valence-corrected chi connectivity index (χ4v) is 2.80. The van der Waals surface area contributed by atoms with E-state index in [0.29, 0.717) is 12.3 Å². The van der Waals surface area contributed by atoms with Crippen LogP contribution in [-0.2, 0) is 11.2 Å². The number of alkyl halides is 1. The smallest absolute Gasteiger partial charge is 0.240 e. The first kappa shape index (κ1) is 14.9. The van der Waals surface area contributed by atoms with Crippen LogP contribution in [0.1, 0.15) is 31.3 Å². The lowest BCUT2D eigenvalue weighted by Gasteiger charge is -2.22. The molecule has 1 aromatic heterocycles. The molecule has 1 unspecified atom stereocenters. The maximum Gasteiger partial charge on any atom is 0.240 e. The van der Waals surface area contributed by atoms with Gasteiger partial charge in [-0.05, 0) is 24.5 Å². The van der Waals surface area contributed by atoms with Crippen LogP contribution >= 0.6 is 11.6 Å². The second-order valence-corrected chi connectivity index (χ2v) is 5.75. The number of rotatable bonds is 5. The first-order valence-electron chi connectivity index (χ1n) is 6.79. The topological polar surface area (TPSA) is 60.9 Å². The van der Waals surface area contributed by atoms with Crippen molar-refractivity contribution in [1.82, 2.24) is 9.55 Å². The number of nitrogens with zero attached hydrogens (tertiary/aromatic N) is 2. The van der Waals surface area contributed by atoms with Crippen molar-refractivity contribution in [3.05, 3.63) is 29.6 Å². The van der Waals surface area contributed by atoms with E-state index in [1.807, 2.05) is 43.5 Å². The zero-order chi connectivity index (χ0) is 14.9. The van der Waals surface area contributed by atoms with Gasteiger partial charge in [-0.2, -0.15) is 0 Å². The molecule has 4 nitrogen and oxygen atoms in total. The number of imidazole rings is 1. The normalized spacial score (nSPS) is 13.1. The largest absolute Gasteiger partial charge is 0.368 e. The molecular weight excluding hydrogens is 274 g/mol. The number of hydrogen-bond donors (Lipinski definition) is 1. The number of aryl methyl sites for hydroxylation is 2. The van der Waals surface area contributed by atoms with Crippen LogP contribution in [0.5, 0.6) is 0 Å². The molecule has 20 heavy (non-hydrogen) atoms. The number of benzene rings is 1. The molecule has 0 aliphatic rings. The Balaban J connectivity index is 2.73. The molecule has 5 heteroatoms. The first-order valence-corrected chi connectivity index (χ1v) is 7.32. The van der Waals surface area contributed by atoms with E-state index in [9.17, 15) is 4.79 Å². The van der Waals surface area contributed by atoms with Gasteiger partial charge in [-0.3, -0.25) is 4.79 Å². The Hall–Kier alpha value is -1.55. The van der Waals surface area contributed by atoms with Crippen molar-refractivity contribution in [1.29, 1.82) is 0 Å². The maximum absolute atomic E-state index is 11.9. The predicted octanol–water partition coefficient (Wildman–Crippen LogP) is 2.81. The number of carbonyl (C=O) groups is 1. The lowest BCUT2D eigenvalue weighted by molar-refractivity contribution is -0.122. The first-order chi connectivity index (χ1) is 9.47. The van der Waals surface area contributed by atoms with E-state index in [1.54, 1.807) is 0 Å². The fraction of sp³-hybridized carbons (Fsp3) is 0.467. The maximum atomic E-state index is 11.9. The molecule has 0 saturated heterocycles. The van der Waals surface area contributed by atoms with E-state index in [4.69, 9.17) is 17.3 Å². The summed E-state index contributed by atoms with van der Waals surface area (Å²) in [5.74, 6) is 1.05. The molecule has 108 valence electrons. The molecule has 0 bridgehead atoms. The Morgan fingerprint density at radius 2 is 2.15 bits per heavy atom. The van der Waals surface area contributed by atoms with Gasteiger partial charge in [0, 0.05) is 12.3 Å². The Labute approximate surface area is 123 Å². The van der Waals surface area contributed by atoms with Crippen LogP contribution in [0.4, 0.5) is 0 Å². The molecule has 1 aromatic carbocycles. The van der Waals surface area contributed by atoms with Crippen molar-refractivity contribution in [2.45, 2.75) is 33.2 Å². The molecule has 2 rings (SSSR count). The van der Waals surface area contributed by atoms with E-state index in [-0.39, 0.29) is 11.8 Å². The summed E-state index contributed by atoms with van der Waals surface area (Å²) in [7, 11) is 0. The highest BCUT2D eigenvalue weighted by Crippen LogP contribution is 2.28. The monoisotopic (exact) mass is 293 g/mol. The van der Waals surface area contributed by atoms with Crippen molar-refractivity contribution >= 4 is 28.5 Å². The minimum atomic E-state index is -0.403. The van der Waals surface area contributed by atoms with E-state index in [2.05, 4.69) is 4.98 Å². The van der Waals surface area contributed by atoms with Gasteiger partial charge in [0.15, 0.2) is 0 Å². The molecule has 1 atom stereocenters. The van der Waals surface area contributed by atoms with Crippen molar-refractivity contribution in [3.63, 3.8) is 0 Å². The molecule has 0 aliphatic carbocycles. The summed E-state index contributed by atoms with van der Waals surface area (Å²) in [6.45, 7) is 5.99. The molecule has 0 saturated carbocycles. The summed E-state index contributed by atoms with van der Waals surface area (Å²) in [6, 6.07) is 5.56. The van der Waals surface area contributed by atoms with Gasteiger partial charge in [0.1, 0.15) is 11.9 Å². The summed E-state index contributed by atoms with van der Waals surface area (Å²) in [5, 5.41) is 0. The van der Waals surface area contributed by atoms with Gasteiger partial charge in [-0.25, -0.2) is 4.98 Å². The molecule has 1 heterocycles. The lowest BCUT2D eigenvalue weighted by atomic mass is 10.0. The number of aromatic nitrogens is 2. The van der Waals surface area contributed by atoms with Crippen LogP contribution in [0, 0.1) is 12.8 Å². The van der Waals surface area contributed by atoms with Gasteiger partial charge in [0.25, 0.3) is 0 Å². The molecular formula is C15H20ClN3O. The van der Waals surface area contributed by atoms with E-state index in [1.165, 1.54) is 0 Å². The summed E-state index contributed by atoms with van der Waals surface area (Å²) >= 11 is 5.87. The number of hydrogen-bond acceptors (Lipinski definition) is 2. The van der Waals surface area contributed by atoms with Gasteiger partial charge >= 0.3 is 0 Å². The van der Waals surface area contributed by atoms with Crippen LogP contribution in [0.2, 0.25) is 0 Å². The third-order valence-corrected chi connectivity index (χ3v) is 3.70. The number of halogens is 1. The summed E-state index contributed by atoms with van der Waals surface area (Å²) in [4.78, 5) is 16.5. The minimum absolute atomic E-state index is 0.0967. The highest BCUT2D eigenvalue weighted by molar-refractivity contribution is 6.17. The average Bonchev–Trinajstić information content (AvgIpc) is 2.70.